The van der Waals surface area contributed by atoms with Gasteiger partial charge in [-0.05, 0) is 123 Å². The van der Waals surface area contributed by atoms with Crippen molar-refractivity contribution in [2.75, 3.05) is 59.6 Å². The van der Waals surface area contributed by atoms with E-state index in [0.29, 0.717) is 13.2 Å². The minimum absolute atomic E-state index is 0.240. The van der Waals surface area contributed by atoms with Gasteiger partial charge in [-0.2, -0.15) is 0 Å². The molecular formula is C34H41FN2O3. The molecule has 3 aromatic rings. The van der Waals surface area contributed by atoms with E-state index in [4.69, 9.17) is 14.2 Å². The van der Waals surface area contributed by atoms with Crippen LogP contribution in [0.25, 0.3) is 11.1 Å². The van der Waals surface area contributed by atoms with E-state index in [9.17, 15) is 4.39 Å². The average molecular weight is 545 g/mol. The lowest BCUT2D eigenvalue weighted by Crippen LogP contribution is -2.25. The molecule has 5 nitrogen and oxygen atoms in total. The van der Waals surface area contributed by atoms with Gasteiger partial charge in [0, 0.05) is 13.1 Å². The van der Waals surface area contributed by atoms with Gasteiger partial charge in [0.05, 0.1) is 7.11 Å². The summed E-state index contributed by atoms with van der Waals surface area (Å²) in [4.78, 5) is 4.90. The zero-order chi connectivity index (χ0) is 27.7. The number of halogens is 1. The molecule has 0 atom stereocenters. The fourth-order valence-corrected chi connectivity index (χ4v) is 5.68. The number of methoxy groups -OCH3 is 1. The van der Waals surface area contributed by atoms with E-state index in [1.165, 1.54) is 59.0 Å². The van der Waals surface area contributed by atoms with Crippen LogP contribution < -0.4 is 14.2 Å². The van der Waals surface area contributed by atoms with Crippen LogP contribution in [0.4, 0.5) is 4.39 Å². The van der Waals surface area contributed by atoms with Gasteiger partial charge in [0.15, 0.2) is 11.6 Å². The van der Waals surface area contributed by atoms with Crippen LogP contribution in [0.1, 0.15) is 49.3 Å². The highest BCUT2D eigenvalue weighted by Crippen LogP contribution is 2.35. The van der Waals surface area contributed by atoms with Crippen molar-refractivity contribution in [3.05, 3.63) is 89.2 Å². The number of likely N-dealkylation sites (tertiary alicyclic amines) is 2. The summed E-state index contributed by atoms with van der Waals surface area (Å²) in [6.07, 6.45) is 5.14. The van der Waals surface area contributed by atoms with Crippen molar-refractivity contribution in [2.45, 2.75) is 32.6 Å². The second-order valence-corrected chi connectivity index (χ2v) is 10.7. The summed E-state index contributed by atoms with van der Waals surface area (Å²) >= 11 is 0. The third-order valence-electron chi connectivity index (χ3n) is 8.00. The first-order valence-corrected chi connectivity index (χ1v) is 14.6. The lowest BCUT2D eigenvalue weighted by molar-refractivity contribution is 0.237. The van der Waals surface area contributed by atoms with Crippen LogP contribution >= 0.6 is 0 Å². The minimum atomic E-state index is -0.373. The van der Waals surface area contributed by atoms with Gasteiger partial charge >= 0.3 is 0 Å². The van der Waals surface area contributed by atoms with Gasteiger partial charge in [0.2, 0.25) is 0 Å². The number of allylic oxidation sites excluding steroid dienone is 1. The molecular weight excluding hydrogens is 503 g/mol. The molecule has 2 heterocycles. The molecule has 5 rings (SSSR count). The molecule has 0 unspecified atom stereocenters. The normalized spacial score (nSPS) is 15.8. The van der Waals surface area contributed by atoms with Gasteiger partial charge in [-0.1, -0.05) is 30.3 Å². The highest BCUT2D eigenvalue weighted by molar-refractivity contribution is 5.98. The van der Waals surface area contributed by atoms with E-state index >= 15 is 0 Å². The van der Waals surface area contributed by atoms with Gasteiger partial charge in [0.25, 0.3) is 0 Å². The van der Waals surface area contributed by atoms with E-state index in [1.54, 1.807) is 12.1 Å². The SMILES string of the molecule is COc1ccc(C(C)=C(c2ccc(OCCN3CCCC3)cc2)c2ccc(OCCN3CCCC3)cc2)cc1F. The van der Waals surface area contributed by atoms with Crippen LogP contribution in [-0.4, -0.2) is 69.4 Å². The van der Waals surface area contributed by atoms with Crippen LogP contribution in [0.15, 0.2) is 66.7 Å². The molecule has 0 radical (unpaired) electrons. The molecule has 0 spiro atoms. The van der Waals surface area contributed by atoms with Crippen molar-refractivity contribution in [1.29, 1.82) is 0 Å². The summed E-state index contributed by atoms with van der Waals surface area (Å²) in [5.41, 5.74) is 4.92. The minimum Gasteiger partial charge on any atom is -0.494 e. The number of hydrogen-bond acceptors (Lipinski definition) is 5. The summed E-state index contributed by atoms with van der Waals surface area (Å²) in [5.74, 6) is 1.58. The maximum atomic E-state index is 14.7. The Morgan fingerprint density at radius 1 is 0.675 bits per heavy atom. The Hall–Kier alpha value is -3.35. The number of rotatable bonds is 12. The van der Waals surface area contributed by atoms with Crippen LogP contribution in [0.3, 0.4) is 0 Å². The quantitative estimate of drug-likeness (QED) is 0.235. The molecule has 2 aliphatic heterocycles. The Morgan fingerprint density at radius 3 is 1.55 bits per heavy atom. The fraction of sp³-hybridized carbons (Fsp3) is 0.412. The zero-order valence-corrected chi connectivity index (χ0v) is 23.8. The summed E-state index contributed by atoms with van der Waals surface area (Å²) in [5, 5.41) is 0. The van der Waals surface area contributed by atoms with E-state index in [2.05, 4.69) is 34.1 Å². The molecule has 212 valence electrons. The maximum absolute atomic E-state index is 14.7. The maximum Gasteiger partial charge on any atom is 0.165 e. The van der Waals surface area contributed by atoms with E-state index < -0.39 is 0 Å². The van der Waals surface area contributed by atoms with Crippen LogP contribution in [-0.2, 0) is 0 Å². The van der Waals surface area contributed by atoms with Crippen molar-refractivity contribution in [2.24, 2.45) is 0 Å². The van der Waals surface area contributed by atoms with Crippen molar-refractivity contribution in [3.63, 3.8) is 0 Å². The van der Waals surface area contributed by atoms with Crippen molar-refractivity contribution >= 4 is 11.1 Å². The van der Waals surface area contributed by atoms with E-state index in [1.807, 2.05) is 37.3 Å². The van der Waals surface area contributed by atoms with Gasteiger partial charge < -0.3 is 14.2 Å². The third-order valence-corrected chi connectivity index (χ3v) is 8.00. The number of nitrogens with zero attached hydrogens (tertiary/aromatic N) is 2. The van der Waals surface area contributed by atoms with Crippen LogP contribution in [0.5, 0.6) is 17.2 Å². The Balaban J connectivity index is 1.35. The molecule has 0 aromatic heterocycles. The Morgan fingerprint density at radius 2 is 1.12 bits per heavy atom. The first-order chi connectivity index (χ1) is 19.6. The molecule has 40 heavy (non-hydrogen) atoms. The van der Waals surface area contributed by atoms with Crippen LogP contribution in [0.2, 0.25) is 0 Å². The lowest BCUT2D eigenvalue weighted by atomic mass is 9.90. The molecule has 0 aliphatic carbocycles. The van der Waals surface area contributed by atoms with Crippen molar-refractivity contribution in [3.8, 4) is 17.2 Å². The van der Waals surface area contributed by atoms with Gasteiger partial charge in [-0.15, -0.1) is 0 Å². The molecule has 2 fully saturated rings. The Bertz CT molecular complexity index is 1190. The number of benzene rings is 3. The fourth-order valence-electron chi connectivity index (χ4n) is 5.68. The van der Waals surface area contributed by atoms with Gasteiger partial charge in [-0.25, -0.2) is 4.39 Å². The second-order valence-electron chi connectivity index (χ2n) is 10.7. The smallest absolute Gasteiger partial charge is 0.165 e. The summed E-state index contributed by atoms with van der Waals surface area (Å²) in [6, 6.07) is 21.6. The topological polar surface area (TPSA) is 34.2 Å². The largest absolute Gasteiger partial charge is 0.494 e. The zero-order valence-electron chi connectivity index (χ0n) is 23.8. The monoisotopic (exact) mass is 544 g/mol. The molecule has 6 heteroatoms. The predicted molar refractivity (Wildman–Crippen MR) is 160 cm³/mol. The number of ether oxygens (including phenoxy) is 3. The van der Waals surface area contributed by atoms with Crippen LogP contribution in [0, 0.1) is 5.82 Å². The second kappa shape index (κ2) is 13.8. The lowest BCUT2D eigenvalue weighted by Gasteiger charge is -2.17. The number of hydrogen-bond donors (Lipinski definition) is 0. The summed E-state index contributed by atoms with van der Waals surface area (Å²) < 4.78 is 31.9. The van der Waals surface area contributed by atoms with E-state index in [0.717, 1.165) is 52.4 Å². The highest BCUT2D eigenvalue weighted by atomic mass is 19.1. The van der Waals surface area contributed by atoms with Crippen molar-refractivity contribution < 1.29 is 18.6 Å². The predicted octanol–water partition coefficient (Wildman–Crippen LogP) is 6.76. The van der Waals surface area contributed by atoms with Gasteiger partial charge in [-0.3, -0.25) is 9.80 Å². The molecule has 0 amide bonds. The molecule has 0 N–H and O–H groups in total. The van der Waals surface area contributed by atoms with Gasteiger partial charge in [0.1, 0.15) is 24.7 Å². The average Bonchev–Trinajstić information content (AvgIpc) is 3.70. The molecule has 2 saturated heterocycles. The first-order valence-electron chi connectivity index (χ1n) is 14.6. The molecule has 0 saturated carbocycles. The van der Waals surface area contributed by atoms with E-state index in [-0.39, 0.29) is 11.6 Å². The Labute approximate surface area is 238 Å². The molecule has 2 aliphatic rings. The highest BCUT2D eigenvalue weighted by Gasteiger charge is 2.15. The molecule has 3 aromatic carbocycles. The standard InChI is InChI=1S/C34H41FN2O3/c1-26(29-11-16-33(38-2)32(35)25-29)34(27-7-12-30(13-8-27)39-23-21-36-17-3-4-18-36)28-9-14-31(15-10-28)40-24-22-37-19-5-6-20-37/h7-16,25H,3-6,17-24H2,1-2H3. The summed E-state index contributed by atoms with van der Waals surface area (Å²) in [6.45, 7) is 10.0. The van der Waals surface area contributed by atoms with Crippen molar-refractivity contribution in [1.82, 2.24) is 9.80 Å². The first kappa shape index (κ1) is 28.2. The summed E-state index contributed by atoms with van der Waals surface area (Å²) in [7, 11) is 1.48. The molecule has 0 bridgehead atoms. The third kappa shape index (κ3) is 7.23. The Kier molecular flexibility index (Phi) is 9.74.